The summed E-state index contributed by atoms with van der Waals surface area (Å²) >= 11 is 0. The molecule has 0 saturated heterocycles. The second kappa shape index (κ2) is 24.1. The average Bonchev–Trinajstić information content (AvgIpc) is 3.33. The van der Waals surface area contributed by atoms with E-state index in [2.05, 4.69) is 50.2 Å². The Morgan fingerprint density at radius 2 is 0.815 bits per heavy atom. The van der Waals surface area contributed by atoms with Gasteiger partial charge < -0.3 is 28.4 Å². The van der Waals surface area contributed by atoms with Gasteiger partial charge >= 0.3 is 11.9 Å². The molecule has 7 aromatic carbocycles. The van der Waals surface area contributed by atoms with E-state index >= 15 is 0 Å². The van der Waals surface area contributed by atoms with Crippen molar-refractivity contribution < 1.29 is 38.0 Å². The van der Waals surface area contributed by atoms with E-state index in [1.165, 1.54) is 0 Å². The molecular weight excluding hydrogens is 813 g/mol. The molecule has 0 aromatic heterocycles. The predicted molar refractivity (Wildman–Crippen MR) is 263 cm³/mol. The summed E-state index contributed by atoms with van der Waals surface area (Å²) in [6, 6.07) is 42.2. The van der Waals surface area contributed by atoms with Crippen molar-refractivity contribution in [2.45, 2.75) is 110 Å². The highest BCUT2D eigenvalue weighted by atomic mass is 16.6. The van der Waals surface area contributed by atoms with Crippen LogP contribution in [0.5, 0.6) is 23.0 Å². The average molecular weight is 877 g/mol. The lowest BCUT2D eigenvalue weighted by Gasteiger charge is -2.23. The molecule has 8 heteroatoms. The third-order valence-electron chi connectivity index (χ3n) is 11.8. The van der Waals surface area contributed by atoms with Crippen LogP contribution in [0.15, 0.2) is 127 Å². The SMILES string of the molecule is CCCCCCCC(=O)OC(COc1cccc2ccccc12)COc1c2ccccc2c(OCC(COc2cccc3ccccc23)OC(=O)CCCCCCC)c2cc(C)ccc12. The smallest absolute Gasteiger partial charge is 0.306 e. The van der Waals surface area contributed by atoms with Crippen molar-refractivity contribution in [2.75, 3.05) is 26.4 Å². The molecule has 0 radical (unpaired) electrons. The molecule has 8 nitrogen and oxygen atoms in total. The van der Waals surface area contributed by atoms with Gasteiger partial charge in [-0.05, 0) is 48.7 Å². The fourth-order valence-electron chi connectivity index (χ4n) is 8.35. The summed E-state index contributed by atoms with van der Waals surface area (Å²) < 4.78 is 38.7. The van der Waals surface area contributed by atoms with Gasteiger partial charge in [0.1, 0.15) is 49.4 Å². The molecule has 0 amide bonds. The maximum Gasteiger partial charge on any atom is 0.306 e. The second-order valence-corrected chi connectivity index (χ2v) is 17.0. The molecule has 0 aliphatic heterocycles. The molecule has 0 spiro atoms. The van der Waals surface area contributed by atoms with Gasteiger partial charge in [-0.2, -0.15) is 0 Å². The normalized spacial score (nSPS) is 12.3. The molecule has 0 N–H and O–H groups in total. The van der Waals surface area contributed by atoms with E-state index in [1.807, 2.05) is 97.9 Å². The van der Waals surface area contributed by atoms with Crippen LogP contribution in [0.1, 0.15) is 96.5 Å². The summed E-state index contributed by atoms with van der Waals surface area (Å²) in [7, 11) is 0. The van der Waals surface area contributed by atoms with Crippen molar-refractivity contribution in [3.8, 4) is 23.0 Å². The Bertz CT molecular complexity index is 2620. The Balaban J connectivity index is 1.14. The molecule has 0 aliphatic rings. The summed E-state index contributed by atoms with van der Waals surface area (Å²) in [4.78, 5) is 26.6. The van der Waals surface area contributed by atoms with Crippen LogP contribution in [0.25, 0.3) is 43.1 Å². The highest BCUT2D eigenvalue weighted by Gasteiger charge is 2.24. The fourth-order valence-corrected chi connectivity index (χ4v) is 8.35. The first kappa shape index (κ1) is 46.7. The lowest BCUT2D eigenvalue weighted by atomic mass is 9.99. The first-order valence-corrected chi connectivity index (χ1v) is 23.7. The van der Waals surface area contributed by atoms with Crippen LogP contribution in [0.2, 0.25) is 0 Å². The predicted octanol–water partition coefficient (Wildman–Crippen LogP) is 14.1. The van der Waals surface area contributed by atoms with Crippen molar-refractivity contribution >= 4 is 55.0 Å². The van der Waals surface area contributed by atoms with Crippen LogP contribution in [0.4, 0.5) is 0 Å². The highest BCUT2D eigenvalue weighted by molar-refractivity contribution is 6.11. The number of fused-ring (bicyclic) bond motifs is 4. The summed E-state index contributed by atoms with van der Waals surface area (Å²) in [5, 5.41) is 7.47. The maximum absolute atomic E-state index is 13.3. The minimum atomic E-state index is -0.685. The largest absolute Gasteiger partial charge is 0.489 e. The zero-order valence-electron chi connectivity index (χ0n) is 38.4. The number of ether oxygens (including phenoxy) is 6. The van der Waals surface area contributed by atoms with Crippen LogP contribution in [0, 0.1) is 6.92 Å². The van der Waals surface area contributed by atoms with Gasteiger partial charge in [0, 0.05) is 45.2 Å². The van der Waals surface area contributed by atoms with Crippen LogP contribution >= 0.6 is 0 Å². The number of carbonyl (C=O) groups is 2. The van der Waals surface area contributed by atoms with E-state index in [1.54, 1.807) is 0 Å². The third kappa shape index (κ3) is 12.9. The first-order chi connectivity index (χ1) is 31.9. The van der Waals surface area contributed by atoms with Crippen molar-refractivity contribution in [3.05, 3.63) is 133 Å². The quantitative estimate of drug-likeness (QED) is 0.0302. The number of aryl methyl sites for hydroxylation is 1. The number of unbranched alkanes of at least 4 members (excludes halogenated alkanes) is 8. The van der Waals surface area contributed by atoms with Gasteiger partial charge in [-0.15, -0.1) is 0 Å². The zero-order valence-corrected chi connectivity index (χ0v) is 38.4. The molecule has 2 atom stereocenters. The van der Waals surface area contributed by atoms with E-state index < -0.39 is 12.2 Å². The Labute approximate surface area is 384 Å². The molecule has 0 saturated carbocycles. The van der Waals surface area contributed by atoms with E-state index in [0.717, 1.165) is 124 Å². The van der Waals surface area contributed by atoms with E-state index in [-0.39, 0.29) is 38.4 Å². The van der Waals surface area contributed by atoms with Crippen molar-refractivity contribution in [1.82, 2.24) is 0 Å². The third-order valence-corrected chi connectivity index (χ3v) is 11.8. The maximum atomic E-state index is 13.3. The zero-order chi connectivity index (χ0) is 45.2. The minimum Gasteiger partial charge on any atom is -0.489 e. The van der Waals surface area contributed by atoms with E-state index in [0.29, 0.717) is 24.3 Å². The molecule has 0 fully saturated rings. The lowest BCUT2D eigenvalue weighted by Crippen LogP contribution is -2.31. The van der Waals surface area contributed by atoms with Gasteiger partial charge in [-0.25, -0.2) is 0 Å². The molecule has 7 aromatic rings. The van der Waals surface area contributed by atoms with E-state index in [9.17, 15) is 9.59 Å². The summed E-state index contributed by atoms with van der Waals surface area (Å²) in [5.74, 6) is 2.22. The number of hydrogen-bond donors (Lipinski definition) is 0. The van der Waals surface area contributed by atoms with Crippen LogP contribution in [-0.4, -0.2) is 50.6 Å². The molecule has 65 heavy (non-hydrogen) atoms. The lowest BCUT2D eigenvalue weighted by molar-refractivity contribution is -0.153. The van der Waals surface area contributed by atoms with Gasteiger partial charge in [0.05, 0.1) is 0 Å². The summed E-state index contributed by atoms with van der Waals surface area (Å²) in [6.07, 6.45) is 9.64. The van der Waals surface area contributed by atoms with Crippen LogP contribution < -0.4 is 18.9 Å². The first-order valence-electron chi connectivity index (χ1n) is 23.7. The number of rotatable bonds is 26. The molecule has 0 heterocycles. The Hall–Kier alpha value is -6.28. The Morgan fingerprint density at radius 1 is 0.415 bits per heavy atom. The molecule has 2 unspecified atom stereocenters. The van der Waals surface area contributed by atoms with E-state index in [4.69, 9.17) is 28.4 Å². The standard InChI is InChI=1S/C57H64O8/c1-4-6-8-10-12-32-54(58)64-44(37-60-52-30-20-24-42-22-14-16-26-46(42)52)39-62-56-48-28-18-19-29-49(48)57(51-36-41(3)34-35-50(51)56)63-40-45(65-55(59)33-13-11-9-7-5-2)38-61-53-31-21-25-43-23-15-17-27-47(43)53/h14-31,34-36,44-45H,4-13,32-33,37-40H2,1-3H3. The fraction of sp³-hybridized carbons (Fsp3) is 0.368. The van der Waals surface area contributed by atoms with Gasteiger partial charge in [0.2, 0.25) is 0 Å². The number of benzene rings is 7. The van der Waals surface area contributed by atoms with Crippen molar-refractivity contribution in [2.24, 2.45) is 0 Å². The molecule has 340 valence electrons. The second-order valence-electron chi connectivity index (χ2n) is 17.0. The summed E-state index contributed by atoms with van der Waals surface area (Å²) in [6.45, 7) is 6.78. The topological polar surface area (TPSA) is 89.5 Å². The number of esters is 2. The van der Waals surface area contributed by atoms with Crippen molar-refractivity contribution in [3.63, 3.8) is 0 Å². The van der Waals surface area contributed by atoms with Gasteiger partial charge in [-0.1, -0.05) is 180 Å². The van der Waals surface area contributed by atoms with Gasteiger partial charge in [0.15, 0.2) is 12.2 Å². The van der Waals surface area contributed by atoms with Crippen LogP contribution in [-0.2, 0) is 19.1 Å². The van der Waals surface area contributed by atoms with Crippen molar-refractivity contribution in [1.29, 1.82) is 0 Å². The van der Waals surface area contributed by atoms with Gasteiger partial charge in [0.25, 0.3) is 0 Å². The van der Waals surface area contributed by atoms with Crippen LogP contribution in [0.3, 0.4) is 0 Å². The molecular formula is C57H64O8. The minimum absolute atomic E-state index is 0.0709. The summed E-state index contributed by atoms with van der Waals surface area (Å²) in [5.41, 5.74) is 1.04. The molecule has 7 rings (SSSR count). The monoisotopic (exact) mass is 876 g/mol. The Morgan fingerprint density at radius 3 is 1.31 bits per heavy atom. The number of carbonyl (C=O) groups excluding carboxylic acids is 2. The molecule has 0 bridgehead atoms. The number of hydrogen-bond acceptors (Lipinski definition) is 8. The molecule has 0 aliphatic carbocycles. The highest BCUT2D eigenvalue weighted by Crippen LogP contribution is 2.43. The Kier molecular flexibility index (Phi) is 17.3. The van der Waals surface area contributed by atoms with Gasteiger partial charge in [-0.3, -0.25) is 9.59 Å².